The van der Waals surface area contributed by atoms with Gasteiger partial charge in [-0.1, -0.05) is 26.2 Å². The number of halogens is 1. The Labute approximate surface area is 117 Å². The number of nitrogens with zero attached hydrogens (tertiary/aromatic N) is 1. The van der Waals surface area contributed by atoms with Crippen LogP contribution >= 0.6 is 11.6 Å². The monoisotopic (exact) mass is 273 g/mol. The summed E-state index contributed by atoms with van der Waals surface area (Å²) in [6.07, 6.45) is 9.47. The highest BCUT2D eigenvalue weighted by atomic mass is 35.5. The van der Waals surface area contributed by atoms with E-state index < -0.39 is 0 Å². The first-order chi connectivity index (χ1) is 8.61. The highest BCUT2D eigenvalue weighted by Crippen LogP contribution is 2.36. The van der Waals surface area contributed by atoms with Crippen LogP contribution in [-0.2, 0) is 4.74 Å². The summed E-state index contributed by atoms with van der Waals surface area (Å²) >= 11 is 6.32. The van der Waals surface area contributed by atoms with Crippen molar-refractivity contribution in [3.05, 3.63) is 0 Å². The maximum absolute atomic E-state index is 6.32. The molecule has 0 radical (unpaired) electrons. The number of alkyl halides is 1. The molecule has 1 saturated carbocycles. The van der Waals surface area contributed by atoms with Crippen molar-refractivity contribution in [2.24, 2.45) is 5.41 Å². The molecule has 0 aromatic rings. The van der Waals surface area contributed by atoms with E-state index >= 15 is 0 Å². The molecule has 2 atom stereocenters. The van der Waals surface area contributed by atoms with Gasteiger partial charge in [-0.15, -0.1) is 11.6 Å². The van der Waals surface area contributed by atoms with Crippen molar-refractivity contribution >= 4 is 11.6 Å². The second kappa shape index (κ2) is 6.58. The Hall–Kier alpha value is 0.210. The zero-order chi connectivity index (χ0) is 13.0. The van der Waals surface area contributed by atoms with E-state index in [1.165, 1.54) is 44.9 Å². The van der Waals surface area contributed by atoms with Crippen LogP contribution in [-0.4, -0.2) is 36.2 Å². The fourth-order valence-corrected chi connectivity index (χ4v) is 3.59. The maximum atomic E-state index is 6.32. The van der Waals surface area contributed by atoms with E-state index in [0.717, 1.165) is 19.7 Å². The first-order valence-corrected chi connectivity index (χ1v) is 8.04. The van der Waals surface area contributed by atoms with Gasteiger partial charge in [-0.25, -0.2) is 0 Å². The summed E-state index contributed by atoms with van der Waals surface area (Å²) in [5.41, 5.74) is 0.391. The summed E-state index contributed by atoms with van der Waals surface area (Å²) < 4.78 is 6.22. The molecule has 1 heterocycles. The van der Waals surface area contributed by atoms with Crippen LogP contribution in [0.1, 0.15) is 58.8 Å². The Bertz CT molecular complexity index is 245. The molecule has 2 unspecified atom stereocenters. The average Bonchev–Trinajstić information content (AvgIpc) is 2.83. The molecule has 2 fully saturated rings. The van der Waals surface area contributed by atoms with E-state index in [1.54, 1.807) is 0 Å². The third-order valence-electron chi connectivity index (χ3n) is 4.56. The molecule has 0 N–H and O–H groups in total. The van der Waals surface area contributed by atoms with Crippen molar-refractivity contribution < 1.29 is 4.74 Å². The Kier molecular flexibility index (Phi) is 5.35. The van der Waals surface area contributed by atoms with E-state index in [1.807, 2.05) is 0 Å². The van der Waals surface area contributed by atoms with Crippen molar-refractivity contribution in [1.82, 2.24) is 4.90 Å². The topological polar surface area (TPSA) is 12.5 Å². The Morgan fingerprint density at radius 3 is 2.28 bits per heavy atom. The molecule has 0 amide bonds. The molecule has 3 heteroatoms. The van der Waals surface area contributed by atoms with Crippen LogP contribution in [0, 0.1) is 5.41 Å². The standard InChI is InChI=1S/C15H28ClNO/c1-13(16)14(17-10-6-7-11-17)18-12-15(2)8-4-3-5-9-15/h13-14H,3-12H2,1-2H3. The van der Waals surface area contributed by atoms with Gasteiger partial charge in [-0.05, 0) is 38.0 Å². The highest BCUT2D eigenvalue weighted by Gasteiger charge is 2.32. The molecule has 0 spiro atoms. The Morgan fingerprint density at radius 1 is 1.11 bits per heavy atom. The van der Waals surface area contributed by atoms with Gasteiger partial charge in [-0.3, -0.25) is 4.90 Å². The summed E-state index contributed by atoms with van der Waals surface area (Å²) in [4.78, 5) is 2.42. The minimum absolute atomic E-state index is 0.0790. The largest absolute Gasteiger partial charge is 0.361 e. The van der Waals surface area contributed by atoms with Crippen LogP contribution in [0.15, 0.2) is 0 Å². The van der Waals surface area contributed by atoms with Crippen molar-refractivity contribution in [2.45, 2.75) is 70.4 Å². The molecule has 0 aromatic heterocycles. The van der Waals surface area contributed by atoms with Gasteiger partial charge in [0.2, 0.25) is 0 Å². The minimum atomic E-state index is 0.0790. The summed E-state index contributed by atoms with van der Waals surface area (Å²) in [6, 6.07) is 0. The van der Waals surface area contributed by atoms with E-state index in [0.29, 0.717) is 5.41 Å². The Balaban J connectivity index is 1.84. The zero-order valence-electron chi connectivity index (χ0n) is 12.0. The van der Waals surface area contributed by atoms with Gasteiger partial charge >= 0.3 is 0 Å². The van der Waals surface area contributed by atoms with Crippen LogP contribution in [0.3, 0.4) is 0 Å². The molecular formula is C15H28ClNO. The Morgan fingerprint density at radius 2 is 1.72 bits per heavy atom. The summed E-state index contributed by atoms with van der Waals surface area (Å²) in [6.45, 7) is 7.63. The van der Waals surface area contributed by atoms with Crippen LogP contribution in [0.25, 0.3) is 0 Å². The molecule has 0 aromatic carbocycles. The van der Waals surface area contributed by atoms with Gasteiger partial charge in [-0.2, -0.15) is 0 Å². The van der Waals surface area contributed by atoms with Crippen LogP contribution < -0.4 is 0 Å². The number of likely N-dealkylation sites (tertiary alicyclic amines) is 1. The second-order valence-corrected chi connectivity index (χ2v) is 7.18. The summed E-state index contributed by atoms with van der Waals surface area (Å²) in [5, 5.41) is 0.0790. The predicted molar refractivity (Wildman–Crippen MR) is 77.1 cm³/mol. The maximum Gasteiger partial charge on any atom is 0.126 e. The average molecular weight is 274 g/mol. The first kappa shape index (κ1) is 14.6. The van der Waals surface area contributed by atoms with Gasteiger partial charge in [0, 0.05) is 13.1 Å². The lowest BCUT2D eigenvalue weighted by molar-refractivity contribution is -0.0860. The lowest BCUT2D eigenvalue weighted by Crippen LogP contribution is -2.43. The zero-order valence-corrected chi connectivity index (χ0v) is 12.7. The third-order valence-corrected chi connectivity index (χ3v) is 4.77. The lowest BCUT2D eigenvalue weighted by atomic mass is 9.76. The van der Waals surface area contributed by atoms with E-state index in [9.17, 15) is 0 Å². The van der Waals surface area contributed by atoms with E-state index in [4.69, 9.17) is 16.3 Å². The van der Waals surface area contributed by atoms with Crippen molar-refractivity contribution in [3.63, 3.8) is 0 Å². The van der Waals surface area contributed by atoms with Crippen LogP contribution in [0.2, 0.25) is 0 Å². The van der Waals surface area contributed by atoms with Crippen molar-refractivity contribution in [3.8, 4) is 0 Å². The second-order valence-electron chi connectivity index (χ2n) is 6.49. The van der Waals surface area contributed by atoms with Crippen LogP contribution in [0.4, 0.5) is 0 Å². The molecule has 2 aliphatic rings. The molecule has 18 heavy (non-hydrogen) atoms. The fourth-order valence-electron chi connectivity index (χ4n) is 3.36. The van der Waals surface area contributed by atoms with Gasteiger partial charge in [0.05, 0.1) is 12.0 Å². The summed E-state index contributed by atoms with van der Waals surface area (Å²) in [7, 11) is 0. The van der Waals surface area contributed by atoms with E-state index in [-0.39, 0.29) is 11.6 Å². The lowest BCUT2D eigenvalue weighted by Gasteiger charge is -2.37. The number of hydrogen-bond donors (Lipinski definition) is 0. The van der Waals surface area contributed by atoms with Crippen molar-refractivity contribution in [1.29, 1.82) is 0 Å². The highest BCUT2D eigenvalue weighted by molar-refractivity contribution is 6.20. The molecule has 2 nitrogen and oxygen atoms in total. The van der Waals surface area contributed by atoms with Gasteiger partial charge in [0.15, 0.2) is 0 Å². The molecule has 106 valence electrons. The summed E-state index contributed by atoms with van der Waals surface area (Å²) in [5.74, 6) is 0. The molecule has 1 aliphatic carbocycles. The third kappa shape index (κ3) is 3.85. The van der Waals surface area contributed by atoms with Gasteiger partial charge < -0.3 is 4.74 Å². The number of ether oxygens (including phenoxy) is 1. The predicted octanol–water partition coefficient (Wildman–Crippen LogP) is 4.02. The molecule has 1 aliphatic heterocycles. The van der Waals surface area contributed by atoms with E-state index in [2.05, 4.69) is 18.7 Å². The van der Waals surface area contributed by atoms with Crippen molar-refractivity contribution in [2.75, 3.05) is 19.7 Å². The SMILES string of the molecule is CC(Cl)C(OCC1(C)CCCCC1)N1CCCC1. The molecular weight excluding hydrogens is 246 g/mol. The molecule has 2 rings (SSSR count). The quantitative estimate of drug-likeness (QED) is 0.702. The molecule has 1 saturated heterocycles. The number of rotatable bonds is 5. The first-order valence-electron chi connectivity index (χ1n) is 7.60. The normalized spacial score (nSPS) is 28.2. The molecule has 0 bridgehead atoms. The van der Waals surface area contributed by atoms with Gasteiger partial charge in [0.1, 0.15) is 6.23 Å². The van der Waals surface area contributed by atoms with Crippen LogP contribution in [0.5, 0.6) is 0 Å². The van der Waals surface area contributed by atoms with Gasteiger partial charge in [0.25, 0.3) is 0 Å². The smallest absolute Gasteiger partial charge is 0.126 e. The fraction of sp³-hybridized carbons (Fsp3) is 1.00. The minimum Gasteiger partial charge on any atom is -0.361 e. The number of hydrogen-bond acceptors (Lipinski definition) is 2.